The monoisotopic (exact) mass is 1620 g/mol. The summed E-state index contributed by atoms with van der Waals surface area (Å²) in [6.45, 7) is 5.10. The Balaban J connectivity index is 5.24. The first-order valence-corrected chi connectivity index (χ1v) is 50.8. The molecule has 0 saturated heterocycles. The Labute approximate surface area is 683 Å². The summed E-state index contributed by atoms with van der Waals surface area (Å²) in [6.07, 6.45) is 83.4. The Morgan fingerprint density at radius 1 is 0.216 bits per heavy atom. The van der Waals surface area contributed by atoms with Crippen molar-refractivity contribution in [2.75, 3.05) is 39.6 Å². The fourth-order valence-electron chi connectivity index (χ4n) is 14.6. The average Bonchev–Trinajstić information content (AvgIpc) is 0.934. The molecule has 0 fully saturated rings. The third kappa shape index (κ3) is 85.8. The predicted octanol–water partition coefficient (Wildman–Crippen LogP) is 28.9. The molecule has 19 heteroatoms. The van der Waals surface area contributed by atoms with Gasteiger partial charge in [0.25, 0.3) is 0 Å². The van der Waals surface area contributed by atoms with Crippen molar-refractivity contribution in [3.05, 3.63) is 0 Å². The summed E-state index contributed by atoms with van der Waals surface area (Å²) < 4.78 is 69.1. The number of ether oxygens (including phenoxy) is 4. The molecule has 0 amide bonds. The minimum absolute atomic E-state index is 0.110. The number of rotatable bonds is 93. The van der Waals surface area contributed by atoms with Crippen LogP contribution in [0.2, 0.25) is 0 Å². The number of aliphatic hydroxyl groups is 1. The van der Waals surface area contributed by atoms with E-state index in [1.54, 1.807) is 0 Å². The Hall–Kier alpha value is -1.94. The Bertz CT molecular complexity index is 2090. The molecule has 0 aliphatic carbocycles. The van der Waals surface area contributed by atoms with E-state index in [1.807, 2.05) is 0 Å². The van der Waals surface area contributed by atoms with E-state index >= 15 is 0 Å². The molecule has 0 aromatic carbocycles. The zero-order chi connectivity index (χ0) is 81.0. The summed E-state index contributed by atoms with van der Waals surface area (Å²) in [5, 5.41) is 10.7. The SMILES string of the molecule is CCCCCCCCCCCCCCCCCCCCCCCCC(=O)O[C@H](COC(=O)CCCCCCCCCCCCCCCCCCCCCC)COP(=O)(O)OC[C@@H](O)COP(=O)(O)OC[C@@H](COC(=O)CCCCCCCCCCCCCCC)OC(=O)CCCCCCCCCCCCCCCCCC. The topological polar surface area (TPSA) is 237 Å². The van der Waals surface area contributed by atoms with Gasteiger partial charge in [0.2, 0.25) is 0 Å². The van der Waals surface area contributed by atoms with Crippen LogP contribution in [0.3, 0.4) is 0 Å². The number of carbonyl (C=O) groups is 4. The minimum Gasteiger partial charge on any atom is -0.462 e. The van der Waals surface area contributed by atoms with Gasteiger partial charge in [0.15, 0.2) is 12.2 Å². The van der Waals surface area contributed by atoms with Gasteiger partial charge >= 0.3 is 39.5 Å². The first-order valence-electron chi connectivity index (χ1n) is 47.8. The molecule has 660 valence electrons. The Kier molecular flexibility index (Phi) is 84.4. The van der Waals surface area contributed by atoms with Crippen LogP contribution in [-0.4, -0.2) is 96.7 Å². The molecule has 0 aromatic heterocycles. The van der Waals surface area contributed by atoms with Gasteiger partial charge < -0.3 is 33.8 Å². The zero-order valence-electron chi connectivity index (χ0n) is 73.0. The molecule has 111 heavy (non-hydrogen) atoms. The smallest absolute Gasteiger partial charge is 0.462 e. The van der Waals surface area contributed by atoms with E-state index < -0.39 is 97.5 Å². The highest BCUT2D eigenvalue weighted by Gasteiger charge is 2.31. The van der Waals surface area contributed by atoms with Crippen LogP contribution in [0.25, 0.3) is 0 Å². The number of aliphatic hydroxyl groups excluding tert-OH is 1. The molecule has 2 unspecified atom stereocenters. The van der Waals surface area contributed by atoms with Gasteiger partial charge in [0, 0.05) is 25.7 Å². The van der Waals surface area contributed by atoms with Gasteiger partial charge in [-0.3, -0.25) is 37.3 Å². The molecule has 3 N–H and O–H groups in total. The van der Waals surface area contributed by atoms with Gasteiger partial charge in [-0.25, -0.2) is 9.13 Å². The maximum Gasteiger partial charge on any atom is 0.472 e. The Morgan fingerprint density at radius 3 is 0.532 bits per heavy atom. The number of esters is 4. The summed E-state index contributed by atoms with van der Waals surface area (Å²) in [5.41, 5.74) is 0. The molecular formula is C92H180O17P2. The molecule has 0 radical (unpaired) electrons. The lowest BCUT2D eigenvalue weighted by Gasteiger charge is -2.21. The highest BCUT2D eigenvalue weighted by atomic mass is 31.2. The van der Waals surface area contributed by atoms with Gasteiger partial charge in [-0.15, -0.1) is 0 Å². The number of unbranched alkanes of at least 4 members (excludes halogenated alkanes) is 67. The summed E-state index contributed by atoms with van der Waals surface area (Å²) in [7, 11) is -9.94. The molecule has 5 atom stereocenters. The maximum absolute atomic E-state index is 13.2. The fraction of sp³-hybridized carbons (Fsp3) is 0.957. The molecular weight excluding hydrogens is 1440 g/mol. The quantitative estimate of drug-likeness (QED) is 0.0222. The van der Waals surface area contributed by atoms with Crippen LogP contribution in [0.1, 0.15) is 509 Å². The number of phosphoric acid groups is 2. The van der Waals surface area contributed by atoms with Crippen molar-refractivity contribution in [2.45, 2.75) is 528 Å². The second kappa shape index (κ2) is 85.9. The lowest BCUT2D eigenvalue weighted by molar-refractivity contribution is -0.161. The van der Waals surface area contributed by atoms with E-state index in [4.69, 9.17) is 37.0 Å². The molecule has 0 aromatic rings. The van der Waals surface area contributed by atoms with Gasteiger partial charge in [-0.2, -0.15) is 0 Å². The third-order valence-electron chi connectivity index (χ3n) is 21.9. The van der Waals surface area contributed by atoms with Crippen molar-refractivity contribution in [3.63, 3.8) is 0 Å². The van der Waals surface area contributed by atoms with E-state index in [2.05, 4.69) is 27.7 Å². The molecule has 17 nitrogen and oxygen atoms in total. The molecule has 0 aliphatic rings. The number of hydrogen-bond acceptors (Lipinski definition) is 15. The van der Waals surface area contributed by atoms with Crippen molar-refractivity contribution < 1.29 is 80.2 Å². The van der Waals surface area contributed by atoms with Crippen molar-refractivity contribution in [1.82, 2.24) is 0 Å². The largest absolute Gasteiger partial charge is 0.472 e. The summed E-state index contributed by atoms with van der Waals surface area (Å²) >= 11 is 0. The van der Waals surface area contributed by atoms with Crippen molar-refractivity contribution in [1.29, 1.82) is 0 Å². The van der Waals surface area contributed by atoms with Crippen LogP contribution in [0.4, 0.5) is 0 Å². The number of hydrogen-bond donors (Lipinski definition) is 3. The minimum atomic E-state index is -4.97. The summed E-state index contributed by atoms with van der Waals surface area (Å²) in [6, 6.07) is 0. The predicted molar refractivity (Wildman–Crippen MR) is 460 cm³/mol. The van der Waals surface area contributed by atoms with Gasteiger partial charge in [0.1, 0.15) is 19.3 Å². The van der Waals surface area contributed by atoms with Gasteiger partial charge in [0.05, 0.1) is 26.4 Å². The van der Waals surface area contributed by atoms with E-state index in [9.17, 15) is 43.2 Å². The Morgan fingerprint density at radius 2 is 0.360 bits per heavy atom. The number of carbonyl (C=O) groups excluding carboxylic acids is 4. The molecule has 0 bridgehead atoms. The molecule has 0 heterocycles. The van der Waals surface area contributed by atoms with Gasteiger partial charge in [-0.1, -0.05) is 458 Å². The van der Waals surface area contributed by atoms with Crippen LogP contribution in [0.15, 0.2) is 0 Å². The number of phosphoric ester groups is 2. The normalized spacial score (nSPS) is 13.6. The maximum atomic E-state index is 13.2. The molecule has 0 saturated carbocycles. The van der Waals surface area contributed by atoms with E-state index in [1.165, 1.54) is 340 Å². The summed E-state index contributed by atoms with van der Waals surface area (Å²) in [5.74, 6) is -2.09. The van der Waals surface area contributed by atoms with E-state index in [0.717, 1.165) is 89.9 Å². The molecule has 0 rings (SSSR count). The van der Waals surface area contributed by atoms with Crippen LogP contribution in [0.5, 0.6) is 0 Å². The highest BCUT2D eigenvalue weighted by molar-refractivity contribution is 7.47. The van der Waals surface area contributed by atoms with Crippen molar-refractivity contribution in [3.8, 4) is 0 Å². The van der Waals surface area contributed by atoms with Gasteiger partial charge in [-0.05, 0) is 25.7 Å². The summed E-state index contributed by atoms with van der Waals surface area (Å²) in [4.78, 5) is 73.5. The lowest BCUT2D eigenvalue weighted by atomic mass is 10.0. The van der Waals surface area contributed by atoms with Crippen LogP contribution >= 0.6 is 15.6 Å². The molecule has 0 spiro atoms. The van der Waals surface area contributed by atoms with Crippen LogP contribution in [-0.2, 0) is 65.4 Å². The highest BCUT2D eigenvalue weighted by Crippen LogP contribution is 2.45. The van der Waals surface area contributed by atoms with Crippen LogP contribution in [0, 0.1) is 0 Å². The third-order valence-corrected chi connectivity index (χ3v) is 23.8. The lowest BCUT2D eigenvalue weighted by Crippen LogP contribution is -2.30. The fourth-order valence-corrected chi connectivity index (χ4v) is 16.2. The first-order chi connectivity index (χ1) is 54.2. The van der Waals surface area contributed by atoms with E-state index in [-0.39, 0.29) is 25.7 Å². The zero-order valence-corrected chi connectivity index (χ0v) is 74.7. The molecule has 0 aliphatic heterocycles. The average molecular weight is 1620 g/mol. The van der Waals surface area contributed by atoms with Crippen LogP contribution < -0.4 is 0 Å². The second-order valence-electron chi connectivity index (χ2n) is 33.1. The van der Waals surface area contributed by atoms with Crippen molar-refractivity contribution in [2.24, 2.45) is 0 Å². The standard InChI is InChI=1S/C92H180O17P2/c1-5-9-13-17-21-25-29-33-36-39-41-43-44-46-48-51-55-59-63-67-71-75-79-92(97)109-88(83-103-90(95)77-73-69-65-61-57-53-50-47-45-42-40-37-34-30-26-22-18-14-10-6-2)85-107-111(100,101)105-81-86(93)80-104-110(98,99)106-84-87(82-102-89(94)76-72-68-64-60-56-52-32-28-24-20-16-12-8-4)108-91(96)78-74-70-66-62-58-54-49-38-35-31-27-23-19-15-11-7-3/h86-88,93H,5-85H2,1-4H3,(H,98,99)(H,100,101)/t86-,87+,88+/m0/s1. The first kappa shape index (κ1) is 109. The second-order valence-corrected chi connectivity index (χ2v) is 36.0. The van der Waals surface area contributed by atoms with E-state index in [0.29, 0.717) is 25.7 Å². The van der Waals surface area contributed by atoms with Crippen molar-refractivity contribution >= 4 is 39.5 Å².